The number of nitrogens with one attached hydrogen (secondary N) is 1. The van der Waals surface area contributed by atoms with Crippen LogP contribution in [0.3, 0.4) is 0 Å². The maximum atomic E-state index is 14.8. The van der Waals surface area contributed by atoms with E-state index in [0.717, 1.165) is 5.69 Å². The fraction of sp³-hybridized carbons (Fsp3) is 0.323. The van der Waals surface area contributed by atoms with E-state index in [1.54, 1.807) is 22.9 Å². The van der Waals surface area contributed by atoms with Crippen molar-refractivity contribution in [3.8, 4) is 16.9 Å². The molecule has 1 aromatic carbocycles. The van der Waals surface area contributed by atoms with Crippen molar-refractivity contribution >= 4 is 11.7 Å². The van der Waals surface area contributed by atoms with Crippen LogP contribution < -0.4 is 5.32 Å². The van der Waals surface area contributed by atoms with E-state index in [-0.39, 0.29) is 30.2 Å². The Kier molecular flexibility index (Phi) is 9.29. The second kappa shape index (κ2) is 13.3. The average molecular weight is 591 g/mol. The van der Waals surface area contributed by atoms with Crippen molar-refractivity contribution in [1.29, 1.82) is 0 Å². The Labute approximate surface area is 247 Å². The van der Waals surface area contributed by atoms with Gasteiger partial charge in [-0.3, -0.25) is 14.4 Å². The van der Waals surface area contributed by atoms with Crippen molar-refractivity contribution in [2.75, 3.05) is 33.9 Å². The fourth-order valence-electron chi connectivity index (χ4n) is 5.28. The molecule has 1 fully saturated rings. The Morgan fingerprint density at radius 2 is 1.93 bits per heavy atom. The molecule has 0 unspecified atom stereocenters. The number of aromatic nitrogens is 4. The van der Waals surface area contributed by atoms with E-state index in [1.165, 1.54) is 31.6 Å². The van der Waals surface area contributed by atoms with Gasteiger partial charge in [0, 0.05) is 64.0 Å². The van der Waals surface area contributed by atoms with Crippen LogP contribution >= 0.6 is 0 Å². The highest BCUT2D eigenvalue weighted by atomic mass is 19.1. The number of nitrogens with zero attached hydrogens (tertiary/aromatic N) is 5. The van der Waals surface area contributed by atoms with Crippen LogP contribution in [0.25, 0.3) is 16.9 Å². The third-order valence-corrected chi connectivity index (χ3v) is 7.41. The Balaban J connectivity index is 1.44. The van der Waals surface area contributed by atoms with Gasteiger partial charge < -0.3 is 10.1 Å². The van der Waals surface area contributed by atoms with Crippen LogP contribution in [0, 0.1) is 24.6 Å². The summed E-state index contributed by atoms with van der Waals surface area (Å²) in [5.74, 6) is -2.33. The first kappa shape index (κ1) is 30.1. The minimum atomic E-state index is -0.777. The molecule has 4 heterocycles. The zero-order chi connectivity index (χ0) is 30.5. The van der Waals surface area contributed by atoms with E-state index in [2.05, 4.69) is 15.3 Å². The van der Waals surface area contributed by atoms with Gasteiger partial charge in [-0.05, 0) is 48.4 Å². The lowest BCUT2D eigenvalue weighted by atomic mass is 9.91. The number of hydroxylamine groups is 2. The van der Waals surface area contributed by atoms with Crippen molar-refractivity contribution < 1.29 is 27.9 Å². The van der Waals surface area contributed by atoms with Gasteiger partial charge in [0.25, 0.3) is 5.91 Å². The maximum Gasteiger partial charge on any atom is 0.272 e. The SMILES string of the molecule is CNC(=O)c1ncc(-c2nn(-c3ccccc3)c(CC(=O)C[C@@H]3CN(CCOC)O[C@H]3c3ccnc(F)c3)c2C)cc1F. The highest BCUT2D eigenvalue weighted by molar-refractivity contribution is 5.92. The Morgan fingerprint density at radius 1 is 1.14 bits per heavy atom. The third-order valence-electron chi connectivity index (χ3n) is 7.41. The zero-order valence-electron chi connectivity index (χ0n) is 24.1. The molecule has 43 heavy (non-hydrogen) atoms. The van der Waals surface area contributed by atoms with Crippen LogP contribution in [0.4, 0.5) is 8.78 Å². The minimum absolute atomic E-state index is 0.0476. The maximum absolute atomic E-state index is 14.8. The van der Waals surface area contributed by atoms with Crippen molar-refractivity contribution in [3.63, 3.8) is 0 Å². The number of hydrogen-bond acceptors (Lipinski definition) is 8. The van der Waals surface area contributed by atoms with Crippen molar-refractivity contribution in [2.45, 2.75) is 25.9 Å². The number of ether oxygens (including phenoxy) is 1. The number of pyridine rings is 2. The molecule has 1 aliphatic heterocycles. The molecule has 0 saturated carbocycles. The van der Waals surface area contributed by atoms with Gasteiger partial charge >= 0.3 is 0 Å². The molecular formula is C31H32F2N6O4. The molecule has 1 N–H and O–H groups in total. The fourth-order valence-corrected chi connectivity index (χ4v) is 5.28. The second-order valence-electron chi connectivity index (χ2n) is 10.3. The van der Waals surface area contributed by atoms with Gasteiger partial charge in [0.2, 0.25) is 5.95 Å². The first-order valence-electron chi connectivity index (χ1n) is 13.8. The first-order valence-corrected chi connectivity index (χ1v) is 13.8. The Hall–Kier alpha value is -4.39. The van der Waals surface area contributed by atoms with Gasteiger partial charge in [0.05, 0.1) is 23.7 Å². The summed E-state index contributed by atoms with van der Waals surface area (Å²) in [4.78, 5) is 39.4. The van der Waals surface area contributed by atoms with Crippen molar-refractivity contribution in [1.82, 2.24) is 30.1 Å². The van der Waals surface area contributed by atoms with Crippen LogP contribution in [0.5, 0.6) is 0 Å². The molecular weight excluding hydrogens is 558 g/mol. The molecule has 0 spiro atoms. The monoisotopic (exact) mass is 590 g/mol. The molecule has 1 saturated heterocycles. The van der Waals surface area contributed by atoms with E-state index in [1.807, 2.05) is 37.3 Å². The van der Waals surface area contributed by atoms with Crippen LogP contribution in [-0.2, 0) is 20.8 Å². The van der Waals surface area contributed by atoms with Gasteiger partial charge in [-0.2, -0.15) is 14.6 Å². The van der Waals surface area contributed by atoms with Crippen molar-refractivity contribution in [3.05, 3.63) is 95.2 Å². The number of carbonyl (C=O) groups excluding carboxylic acids is 2. The number of amides is 1. The summed E-state index contributed by atoms with van der Waals surface area (Å²) in [6.45, 7) is 3.23. The van der Waals surface area contributed by atoms with Gasteiger partial charge in [-0.25, -0.2) is 19.0 Å². The van der Waals surface area contributed by atoms with Crippen molar-refractivity contribution in [2.24, 2.45) is 5.92 Å². The number of rotatable bonds is 11. The molecule has 3 aromatic heterocycles. The normalized spacial score (nSPS) is 16.9. The van der Waals surface area contributed by atoms with E-state index >= 15 is 0 Å². The molecule has 0 aliphatic carbocycles. The Bertz CT molecular complexity index is 1610. The predicted molar refractivity (Wildman–Crippen MR) is 153 cm³/mol. The minimum Gasteiger partial charge on any atom is -0.383 e. The van der Waals surface area contributed by atoms with Crippen LogP contribution in [0.2, 0.25) is 0 Å². The average Bonchev–Trinajstić information content (AvgIpc) is 3.56. The summed E-state index contributed by atoms with van der Waals surface area (Å²) in [6.07, 6.45) is 2.47. The number of ketones is 1. The lowest BCUT2D eigenvalue weighted by Crippen LogP contribution is -2.24. The molecule has 10 nitrogen and oxygen atoms in total. The second-order valence-corrected chi connectivity index (χ2v) is 10.3. The molecule has 12 heteroatoms. The molecule has 5 rings (SSSR count). The summed E-state index contributed by atoms with van der Waals surface area (Å²) < 4.78 is 35.7. The highest BCUT2D eigenvalue weighted by Crippen LogP contribution is 2.37. The third kappa shape index (κ3) is 6.66. The van der Waals surface area contributed by atoms with Gasteiger partial charge in [0.1, 0.15) is 11.9 Å². The quantitative estimate of drug-likeness (QED) is 0.261. The highest BCUT2D eigenvalue weighted by Gasteiger charge is 2.37. The van der Waals surface area contributed by atoms with Crippen LogP contribution in [-0.4, -0.2) is 70.4 Å². The smallest absolute Gasteiger partial charge is 0.272 e. The van der Waals surface area contributed by atoms with E-state index in [0.29, 0.717) is 47.8 Å². The summed E-state index contributed by atoms with van der Waals surface area (Å²) >= 11 is 0. The van der Waals surface area contributed by atoms with Gasteiger partial charge in [-0.1, -0.05) is 18.2 Å². The number of benzene rings is 1. The molecule has 224 valence electrons. The summed E-state index contributed by atoms with van der Waals surface area (Å²) in [6, 6.07) is 13.6. The molecule has 0 radical (unpaired) electrons. The van der Waals surface area contributed by atoms with E-state index < -0.39 is 23.8 Å². The van der Waals surface area contributed by atoms with E-state index in [9.17, 15) is 18.4 Å². The summed E-state index contributed by atoms with van der Waals surface area (Å²) in [7, 11) is 3.00. The first-order chi connectivity index (χ1) is 20.8. The molecule has 4 aromatic rings. The lowest BCUT2D eigenvalue weighted by molar-refractivity contribution is -0.155. The number of para-hydroxylation sites is 1. The van der Waals surface area contributed by atoms with Gasteiger partial charge in [0.15, 0.2) is 11.5 Å². The molecule has 0 bridgehead atoms. The summed E-state index contributed by atoms with van der Waals surface area (Å²) in [5.41, 5.74) is 3.17. The summed E-state index contributed by atoms with van der Waals surface area (Å²) in [5, 5.41) is 8.86. The zero-order valence-corrected chi connectivity index (χ0v) is 24.1. The molecule has 1 aliphatic rings. The number of Topliss-reactive ketones (excluding diaryl/α,β-unsaturated/α-hetero) is 1. The predicted octanol–water partition coefficient (Wildman–Crippen LogP) is 4.03. The topological polar surface area (TPSA) is 111 Å². The number of hydrogen-bond donors (Lipinski definition) is 1. The molecule has 2 atom stereocenters. The van der Waals surface area contributed by atoms with Gasteiger partial charge in [-0.15, -0.1) is 0 Å². The number of halogens is 2. The van der Waals surface area contributed by atoms with Crippen LogP contribution in [0.1, 0.15) is 39.8 Å². The molecule has 1 amide bonds. The van der Waals surface area contributed by atoms with Crippen LogP contribution in [0.15, 0.2) is 60.9 Å². The Morgan fingerprint density at radius 3 is 2.63 bits per heavy atom. The van der Waals surface area contributed by atoms with E-state index in [4.69, 9.17) is 14.7 Å². The standard InChI is InChI=1S/C31H32F2N6O4/c1-19-26(16-24(40)13-22-18-38(11-12-42-3)43-30(22)20-9-10-35-27(33)15-20)39(23-7-5-4-6-8-23)37-28(19)21-14-25(32)29(36-17-21)31(41)34-2/h4-10,14-15,17,22,30H,11-13,16,18H2,1-3H3,(H,34,41)/t22-,30+/m1/s1. The largest absolute Gasteiger partial charge is 0.383 e. The number of methoxy groups -OCH3 is 1. The number of carbonyl (C=O) groups is 2. The lowest BCUT2D eigenvalue weighted by Gasteiger charge is -2.17.